The highest BCUT2D eigenvalue weighted by atomic mass is 32.1. The zero-order valence-electron chi connectivity index (χ0n) is 13.4. The summed E-state index contributed by atoms with van der Waals surface area (Å²) in [5, 5.41) is 0. The molecule has 0 saturated heterocycles. The van der Waals surface area contributed by atoms with Gasteiger partial charge in [0.15, 0.2) is 6.10 Å². The van der Waals surface area contributed by atoms with Gasteiger partial charge in [-0.2, -0.15) is 0 Å². The SMILES string of the molecule is C[C@H](OC(=O)/C=C/c1ccc(-c2ccccc2)s1)C(=O)N(C)C. The highest BCUT2D eigenvalue weighted by molar-refractivity contribution is 7.16. The van der Waals surface area contributed by atoms with Crippen LogP contribution in [0, 0.1) is 0 Å². The van der Waals surface area contributed by atoms with Gasteiger partial charge < -0.3 is 9.64 Å². The van der Waals surface area contributed by atoms with Crippen LogP contribution in [0.25, 0.3) is 16.5 Å². The first kappa shape index (κ1) is 17.0. The van der Waals surface area contributed by atoms with E-state index in [-0.39, 0.29) is 5.91 Å². The Labute approximate surface area is 140 Å². The topological polar surface area (TPSA) is 46.6 Å². The molecule has 4 nitrogen and oxygen atoms in total. The van der Waals surface area contributed by atoms with E-state index in [1.165, 1.54) is 11.0 Å². The number of nitrogens with zero attached hydrogens (tertiary/aromatic N) is 1. The Hall–Kier alpha value is -2.40. The minimum absolute atomic E-state index is 0.241. The standard InChI is InChI=1S/C18H19NO3S/c1-13(18(21)19(2)3)22-17(20)12-10-15-9-11-16(23-15)14-7-5-4-6-8-14/h4-13H,1-3H3/b12-10+/t13-/m0/s1. The molecule has 0 unspecified atom stereocenters. The number of amides is 1. The summed E-state index contributed by atoms with van der Waals surface area (Å²) in [5.41, 5.74) is 1.14. The van der Waals surface area contributed by atoms with E-state index in [9.17, 15) is 9.59 Å². The summed E-state index contributed by atoms with van der Waals surface area (Å²) >= 11 is 1.59. The first-order chi connectivity index (χ1) is 11.0. The molecule has 0 aliphatic carbocycles. The number of rotatable bonds is 5. The molecule has 0 aliphatic rings. The molecule has 5 heteroatoms. The lowest BCUT2D eigenvalue weighted by Gasteiger charge is -2.16. The Morgan fingerprint density at radius 2 is 1.83 bits per heavy atom. The maximum atomic E-state index is 11.8. The van der Waals surface area contributed by atoms with Crippen molar-refractivity contribution in [3.8, 4) is 10.4 Å². The summed E-state index contributed by atoms with van der Waals surface area (Å²) in [4.78, 5) is 26.9. The van der Waals surface area contributed by atoms with Crippen molar-refractivity contribution < 1.29 is 14.3 Å². The number of hydrogen-bond acceptors (Lipinski definition) is 4. The third-order valence-corrected chi connectivity index (χ3v) is 4.25. The van der Waals surface area contributed by atoms with Gasteiger partial charge in [-0.1, -0.05) is 30.3 Å². The van der Waals surface area contributed by atoms with E-state index in [0.717, 1.165) is 15.3 Å². The fourth-order valence-electron chi connectivity index (χ4n) is 1.98. The normalized spacial score (nSPS) is 12.1. The molecule has 0 aliphatic heterocycles. The summed E-state index contributed by atoms with van der Waals surface area (Å²) in [6, 6.07) is 14.0. The highest BCUT2D eigenvalue weighted by Crippen LogP contribution is 2.28. The summed E-state index contributed by atoms with van der Waals surface area (Å²) in [7, 11) is 3.25. The fraction of sp³-hybridized carbons (Fsp3) is 0.222. The molecule has 0 radical (unpaired) electrons. The lowest BCUT2D eigenvalue weighted by Crippen LogP contribution is -2.34. The second-order valence-electron chi connectivity index (χ2n) is 5.21. The number of likely N-dealkylation sites (N-methyl/N-ethyl adjacent to an activating group) is 1. The number of benzene rings is 1. The van der Waals surface area contributed by atoms with Gasteiger partial charge in [0.1, 0.15) is 0 Å². The van der Waals surface area contributed by atoms with Crippen LogP contribution < -0.4 is 0 Å². The third kappa shape index (κ3) is 4.79. The van der Waals surface area contributed by atoms with Gasteiger partial charge in [-0.25, -0.2) is 4.79 Å². The number of esters is 1. The molecule has 2 rings (SSSR count). The van der Waals surface area contributed by atoms with E-state index in [0.29, 0.717) is 0 Å². The van der Waals surface area contributed by atoms with Crippen LogP contribution in [0.4, 0.5) is 0 Å². The van der Waals surface area contributed by atoms with E-state index < -0.39 is 12.1 Å². The van der Waals surface area contributed by atoms with Crippen molar-refractivity contribution in [1.29, 1.82) is 0 Å². The molecular weight excluding hydrogens is 310 g/mol. The molecule has 2 aromatic rings. The minimum Gasteiger partial charge on any atom is -0.449 e. The van der Waals surface area contributed by atoms with Crippen molar-refractivity contribution in [2.45, 2.75) is 13.0 Å². The van der Waals surface area contributed by atoms with Gasteiger partial charge in [0.05, 0.1) is 0 Å². The lowest BCUT2D eigenvalue weighted by molar-refractivity contribution is -0.153. The second kappa shape index (κ2) is 7.74. The molecule has 1 aromatic heterocycles. The minimum atomic E-state index is -0.787. The molecule has 1 aromatic carbocycles. The van der Waals surface area contributed by atoms with Crippen molar-refractivity contribution in [2.75, 3.05) is 14.1 Å². The van der Waals surface area contributed by atoms with Gasteiger partial charge in [0.25, 0.3) is 5.91 Å². The van der Waals surface area contributed by atoms with Crippen LogP contribution in [0.1, 0.15) is 11.8 Å². The van der Waals surface area contributed by atoms with Crippen LogP contribution in [0.2, 0.25) is 0 Å². The lowest BCUT2D eigenvalue weighted by atomic mass is 10.2. The van der Waals surface area contributed by atoms with Crippen molar-refractivity contribution in [1.82, 2.24) is 4.90 Å². The average molecular weight is 329 g/mol. The van der Waals surface area contributed by atoms with Gasteiger partial charge in [0, 0.05) is 29.9 Å². The Bertz CT molecular complexity index is 704. The number of hydrogen-bond donors (Lipinski definition) is 0. The van der Waals surface area contributed by atoms with E-state index in [4.69, 9.17) is 4.74 Å². The number of carbonyl (C=O) groups is 2. The molecule has 0 saturated carbocycles. The largest absolute Gasteiger partial charge is 0.449 e. The van der Waals surface area contributed by atoms with E-state index in [2.05, 4.69) is 0 Å². The van der Waals surface area contributed by atoms with Crippen molar-refractivity contribution in [3.63, 3.8) is 0 Å². The zero-order valence-corrected chi connectivity index (χ0v) is 14.2. The number of carbonyl (C=O) groups excluding carboxylic acids is 2. The van der Waals surface area contributed by atoms with E-state index in [1.807, 2.05) is 42.5 Å². The molecule has 0 N–H and O–H groups in total. The van der Waals surface area contributed by atoms with Gasteiger partial charge in [0.2, 0.25) is 0 Å². The molecule has 1 heterocycles. The van der Waals surface area contributed by atoms with Crippen LogP contribution in [-0.2, 0) is 14.3 Å². The second-order valence-corrected chi connectivity index (χ2v) is 6.33. The van der Waals surface area contributed by atoms with E-state index >= 15 is 0 Å². The predicted molar refractivity (Wildman–Crippen MR) is 93.0 cm³/mol. The van der Waals surface area contributed by atoms with Gasteiger partial charge in [-0.3, -0.25) is 4.79 Å². The predicted octanol–water partition coefficient (Wildman–Crippen LogP) is 3.45. The fourth-order valence-corrected chi connectivity index (χ4v) is 2.89. The summed E-state index contributed by atoms with van der Waals surface area (Å²) < 4.78 is 5.07. The summed E-state index contributed by atoms with van der Waals surface area (Å²) in [6.07, 6.45) is 2.26. The Kier molecular flexibility index (Phi) is 5.71. The molecular formula is C18H19NO3S. The average Bonchev–Trinajstić information content (AvgIpc) is 3.02. The first-order valence-electron chi connectivity index (χ1n) is 7.22. The van der Waals surface area contributed by atoms with Crippen LogP contribution in [-0.4, -0.2) is 37.0 Å². The van der Waals surface area contributed by atoms with Crippen LogP contribution >= 0.6 is 11.3 Å². The van der Waals surface area contributed by atoms with Crippen LogP contribution in [0.5, 0.6) is 0 Å². The quantitative estimate of drug-likeness (QED) is 0.623. The van der Waals surface area contributed by atoms with Crippen LogP contribution in [0.3, 0.4) is 0 Å². The molecule has 120 valence electrons. The van der Waals surface area contributed by atoms with Crippen molar-refractivity contribution in [2.24, 2.45) is 0 Å². The summed E-state index contributed by atoms with van der Waals surface area (Å²) in [5.74, 6) is -0.767. The summed E-state index contributed by atoms with van der Waals surface area (Å²) in [6.45, 7) is 1.56. The monoisotopic (exact) mass is 329 g/mol. The maximum absolute atomic E-state index is 11.8. The Morgan fingerprint density at radius 3 is 2.48 bits per heavy atom. The molecule has 1 atom stereocenters. The van der Waals surface area contributed by atoms with Gasteiger partial charge >= 0.3 is 5.97 Å². The van der Waals surface area contributed by atoms with Crippen molar-refractivity contribution in [3.05, 3.63) is 53.4 Å². The maximum Gasteiger partial charge on any atom is 0.331 e. The highest BCUT2D eigenvalue weighted by Gasteiger charge is 2.17. The van der Waals surface area contributed by atoms with E-state index in [1.54, 1.807) is 38.4 Å². The molecule has 0 fully saturated rings. The first-order valence-corrected chi connectivity index (χ1v) is 8.04. The smallest absolute Gasteiger partial charge is 0.331 e. The van der Waals surface area contributed by atoms with Gasteiger partial charge in [-0.05, 0) is 30.7 Å². The molecule has 23 heavy (non-hydrogen) atoms. The zero-order chi connectivity index (χ0) is 16.8. The molecule has 0 spiro atoms. The third-order valence-electron chi connectivity index (χ3n) is 3.15. The Balaban J connectivity index is 1.97. The Morgan fingerprint density at radius 1 is 1.13 bits per heavy atom. The van der Waals surface area contributed by atoms with Crippen molar-refractivity contribution >= 4 is 29.3 Å². The van der Waals surface area contributed by atoms with Crippen LogP contribution in [0.15, 0.2) is 48.5 Å². The molecule has 0 bridgehead atoms. The van der Waals surface area contributed by atoms with Gasteiger partial charge in [-0.15, -0.1) is 11.3 Å². The number of ether oxygens (including phenoxy) is 1. The molecule has 1 amide bonds. The number of thiophene rings is 1.